The molecular weight excluding hydrogens is 266 g/mol. The number of thiocarbonyl (C=S) groups is 1. The molecule has 5 heteroatoms. The van der Waals surface area contributed by atoms with Crippen molar-refractivity contribution in [2.24, 2.45) is 5.73 Å². The van der Waals surface area contributed by atoms with Gasteiger partial charge in [-0.05, 0) is 31.2 Å². The molecule has 2 nitrogen and oxygen atoms in total. The van der Waals surface area contributed by atoms with Crippen molar-refractivity contribution in [2.75, 3.05) is 5.32 Å². The molecule has 0 saturated heterocycles. The molecule has 0 radical (unpaired) electrons. The van der Waals surface area contributed by atoms with E-state index in [1.54, 1.807) is 12.1 Å². The van der Waals surface area contributed by atoms with Crippen LogP contribution in [0.2, 0.25) is 0 Å². The number of para-hydroxylation sites is 1. The van der Waals surface area contributed by atoms with Crippen molar-refractivity contribution in [3.63, 3.8) is 0 Å². The van der Waals surface area contributed by atoms with Crippen molar-refractivity contribution in [1.29, 1.82) is 0 Å². The fraction of sp³-hybridized carbons (Fsp3) is 0.0714. The van der Waals surface area contributed by atoms with E-state index in [1.807, 2.05) is 13.0 Å². The predicted octanol–water partition coefficient (Wildman–Crippen LogP) is 3.65. The number of halogens is 2. The van der Waals surface area contributed by atoms with Crippen LogP contribution in [0.4, 0.5) is 20.2 Å². The van der Waals surface area contributed by atoms with Gasteiger partial charge in [-0.3, -0.25) is 0 Å². The van der Waals surface area contributed by atoms with Crippen LogP contribution in [0.25, 0.3) is 0 Å². The fourth-order valence-electron chi connectivity index (χ4n) is 1.72. The molecule has 0 fully saturated rings. The maximum absolute atomic E-state index is 13.6. The lowest BCUT2D eigenvalue weighted by molar-refractivity contribution is 0.591. The predicted molar refractivity (Wildman–Crippen MR) is 76.7 cm³/mol. The minimum absolute atomic E-state index is 0.169. The van der Waals surface area contributed by atoms with Crippen LogP contribution in [0.5, 0.6) is 0 Å². The zero-order chi connectivity index (χ0) is 14.0. The summed E-state index contributed by atoms with van der Waals surface area (Å²) in [7, 11) is 0. The fourth-order valence-corrected chi connectivity index (χ4v) is 1.89. The number of anilines is 2. The molecule has 0 heterocycles. The zero-order valence-electron chi connectivity index (χ0n) is 10.2. The Morgan fingerprint density at radius 2 is 1.79 bits per heavy atom. The Kier molecular flexibility index (Phi) is 3.76. The highest BCUT2D eigenvalue weighted by Crippen LogP contribution is 2.26. The topological polar surface area (TPSA) is 38.0 Å². The van der Waals surface area contributed by atoms with Crippen LogP contribution in [0, 0.1) is 18.6 Å². The molecule has 2 rings (SSSR count). The lowest BCUT2D eigenvalue weighted by Crippen LogP contribution is -2.12. The first-order valence-electron chi connectivity index (χ1n) is 5.60. The van der Waals surface area contributed by atoms with Gasteiger partial charge < -0.3 is 11.1 Å². The SMILES string of the molecule is Cc1ccc(Nc2c(F)cccc2F)c(C(N)=S)c1. The first-order chi connectivity index (χ1) is 8.99. The van der Waals surface area contributed by atoms with Crippen molar-refractivity contribution in [2.45, 2.75) is 6.92 Å². The number of benzene rings is 2. The van der Waals surface area contributed by atoms with Gasteiger partial charge in [0.1, 0.15) is 22.3 Å². The van der Waals surface area contributed by atoms with Crippen LogP contribution in [-0.4, -0.2) is 4.99 Å². The highest BCUT2D eigenvalue weighted by atomic mass is 32.1. The summed E-state index contributed by atoms with van der Waals surface area (Å²) < 4.78 is 27.2. The lowest BCUT2D eigenvalue weighted by atomic mass is 10.1. The minimum Gasteiger partial charge on any atom is -0.389 e. The second-order valence-corrected chi connectivity index (χ2v) is 4.57. The third-order valence-corrected chi connectivity index (χ3v) is 2.88. The van der Waals surface area contributed by atoms with Crippen LogP contribution in [0.3, 0.4) is 0 Å². The van der Waals surface area contributed by atoms with Gasteiger partial charge in [0, 0.05) is 11.3 Å². The summed E-state index contributed by atoms with van der Waals surface area (Å²) in [6.45, 7) is 1.88. The molecule has 3 N–H and O–H groups in total. The molecule has 0 bridgehead atoms. The first-order valence-corrected chi connectivity index (χ1v) is 6.01. The van der Waals surface area contributed by atoms with E-state index in [0.717, 1.165) is 5.56 Å². The normalized spacial score (nSPS) is 10.3. The smallest absolute Gasteiger partial charge is 0.149 e. The number of rotatable bonds is 3. The molecule has 19 heavy (non-hydrogen) atoms. The van der Waals surface area contributed by atoms with Gasteiger partial charge in [0.15, 0.2) is 0 Å². The van der Waals surface area contributed by atoms with E-state index in [4.69, 9.17) is 18.0 Å². The van der Waals surface area contributed by atoms with Gasteiger partial charge in [0.2, 0.25) is 0 Å². The highest BCUT2D eigenvalue weighted by Gasteiger charge is 2.12. The molecule has 0 aliphatic carbocycles. The van der Waals surface area contributed by atoms with E-state index in [-0.39, 0.29) is 10.7 Å². The van der Waals surface area contributed by atoms with Crippen LogP contribution in [-0.2, 0) is 0 Å². The van der Waals surface area contributed by atoms with Gasteiger partial charge >= 0.3 is 0 Å². The molecule has 0 spiro atoms. The Hall–Kier alpha value is -2.01. The maximum Gasteiger partial charge on any atom is 0.149 e. The van der Waals surface area contributed by atoms with E-state index in [0.29, 0.717) is 11.3 Å². The third-order valence-electron chi connectivity index (χ3n) is 2.66. The van der Waals surface area contributed by atoms with E-state index >= 15 is 0 Å². The summed E-state index contributed by atoms with van der Waals surface area (Å²) >= 11 is 4.94. The third kappa shape index (κ3) is 2.88. The van der Waals surface area contributed by atoms with Crippen molar-refractivity contribution in [3.05, 3.63) is 59.2 Å². The monoisotopic (exact) mass is 278 g/mol. The lowest BCUT2D eigenvalue weighted by Gasteiger charge is -2.13. The van der Waals surface area contributed by atoms with Gasteiger partial charge in [-0.25, -0.2) is 8.78 Å². The largest absolute Gasteiger partial charge is 0.389 e. The number of nitrogens with two attached hydrogens (primary N) is 1. The van der Waals surface area contributed by atoms with Crippen molar-refractivity contribution in [3.8, 4) is 0 Å². The number of hydrogen-bond donors (Lipinski definition) is 2. The molecule has 0 amide bonds. The summed E-state index contributed by atoms with van der Waals surface area (Å²) in [5.74, 6) is -1.34. The molecule has 0 aliphatic heterocycles. The van der Waals surface area contributed by atoms with E-state index < -0.39 is 11.6 Å². The molecule has 0 unspecified atom stereocenters. The summed E-state index contributed by atoms with van der Waals surface area (Å²) in [4.78, 5) is 0.169. The number of aryl methyl sites for hydroxylation is 1. The standard InChI is InChI=1S/C14H12F2N2S/c1-8-5-6-12(9(7-8)14(17)19)18-13-10(15)3-2-4-11(13)16/h2-7,18H,1H3,(H2,17,19). The summed E-state index contributed by atoms with van der Waals surface area (Å²) in [6, 6.07) is 8.93. The average Bonchev–Trinajstić information content (AvgIpc) is 2.35. The molecule has 0 aromatic heterocycles. The highest BCUT2D eigenvalue weighted by molar-refractivity contribution is 7.80. The van der Waals surface area contributed by atoms with Gasteiger partial charge in [-0.15, -0.1) is 0 Å². The molecule has 0 atom stereocenters. The molecule has 0 saturated carbocycles. The van der Waals surface area contributed by atoms with Gasteiger partial charge in [-0.2, -0.15) is 0 Å². The molecule has 2 aromatic rings. The van der Waals surface area contributed by atoms with Crippen LogP contribution >= 0.6 is 12.2 Å². The van der Waals surface area contributed by atoms with Gasteiger partial charge in [0.25, 0.3) is 0 Å². The zero-order valence-corrected chi connectivity index (χ0v) is 11.0. The quantitative estimate of drug-likeness (QED) is 0.842. The molecule has 0 aliphatic rings. The van der Waals surface area contributed by atoms with E-state index in [1.165, 1.54) is 18.2 Å². The Balaban J connectivity index is 2.47. The Morgan fingerprint density at radius 3 is 2.37 bits per heavy atom. The number of nitrogens with one attached hydrogen (secondary N) is 1. The minimum atomic E-state index is -0.672. The molecule has 2 aromatic carbocycles. The Bertz CT molecular complexity index is 621. The summed E-state index contributed by atoms with van der Waals surface area (Å²) in [5.41, 5.74) is 7.39. The Labute approximate surface area is 115 Å². The maximum atomic E-state index is 13.6. The van der Waals surface area contributed by atoms with E-state index in [2.05, 4.69) is 5.32 Å². The summed E-state index contributed by atoms with van der Waals surface area (Å²) in [5, 5.41) is 2.70. The second-order valence-electron chi connectivity index (χ2n) is 4.13. The van der Waals surface area contributed by atoms with E-state index in [9.17, 15) is 8.78 Å². The van der Waals surface area contributed by atoms with Crippen LogP contribution in [0.15, 0.2) is 36.4 Å². The molecule has 98 valence electrons. The summed E-state index contributed by atoms with van der Waals surface area (Å²) in [6.07, 6.45) is 0. The Morgan fingerprint density at radius 1 is 1.16 bits per heavy atom. The second kappa shape index (κ2) is 5.32. The number of hydrogen-bond acceptors (Lipinski definition) is 2. The van der Waals surface area contributed by atoms with Crippen molar-refractivity contribution >= 4 is 28.6 Å². The molecular formula is C14H12F2N2S. The van der Waals surface area contributed by atoms with Crippen molar-refractivity contribution < 1.29 is 8.78 Å². The van der Waals surface area contributed by atoms with Crippen LogP contribution in [0.1, 0.15) is 11.1 Å². The van der Waals surface area contributed by atoms with Gasteiger partial charge in [0.05, 0.1) is 0 Å². The van der Waals surface area contributed by atoms with Crippen molar-refractivity contribution in [1.82, 2.24) is 0 Å². The average molecular weight is 278 g/mol. The van der Waals surface area contributed by atoms with Crippen LogP contribution < -0.4 is 11.1 Å². The van der Waals surface area contributed by atoms with Gasteiger partial charge in [-0.1, -0.05) is 29.9 Å². The first kappa shape index (κ1) is 13.4.